The molecular weight excluding hydrogens is 280 g/mol. The van der Waals surface area contributed by atoms with E-state index in [-0.39, 0.29) is 6.04 Å². The van der Waals surface area contributed by atoms with Gasteiger partial charge in [0.1, 0.15) is 5.75 Å². The summed E-state index contributed by atoms with van der Waals surface area (Å²) >= 11 is 5.60. The first kappa shape index (κ1) is 12.7. The zero-order valence-electron chi connectivity index (χ0n) is 11.7. The third-order valence-electron chi connectivity index (χ3n) is 4.20. The molecule has 3 nitrogen and oxygen atoms in total. The first-order valence-electron chi connectivity index (χ1n) is 7.11. The van der Waals surface area contributed by atoms with Gasteiger partial charge >= 0.3 is 0 Å². The fraction of sp³-hybridized carbons (Fsp3) is 0.235. The molecule has 0 unspecified atom stereocenters. The smallest absolute Gasteiger partial charge is 0.188 e. The summed E-state index contributed by atoms with van der Waals surface area (Å²) in [5, 5.41) is 4.17. The molecule has 0 aliphatic carbocycles. The van der Waals surface area contributed by atoms with Crippen LogP contribution in [0.1, 0.15) is 24.9 Å². The number of rotatable bonds is 1. The van der Waals surface area contributed by atoms with Gasteiger partial charge < -0.3 is 10.1 Å². The summed E-state index contributed by atoms with van der Waals surface area (Å²) in [4.78, 5) is 2.08. The summed E-state index contributed by atoms with van der Waals surface area (Å²) in [7, 11) is 0. The quantitative estimate of drug-likeness (QED) is 0.812. The minimum Gasteiger partial charge on any atom is -0.467 e. The molecule has 2 aliphatic heterocycles. The van der Waals surface area contributed by atoms with Crippen LogP contribution in [0.5, 0.6) is 5.75 Å². The van der Waals surface area contributed by atoms with Gasteiger partial charge in [0.05, 0.1) is 6.04 Å². The number of hydrogen-bond donors (Lipinski definition) is 1. The molecule has 0 saturated carbocycles. The molecule has 0 radical (unpaired) electrons. The highest BCUT2D eigenvalue weighted by Crippen LogP contribution is 2.45. The Bertz CT molecular complexity index is 703. The molecule has 106 valence electrons. The van der Waals surface area contributed by atoms with Gasteiger partial charge in [-0.2, -0.15) is 0 Å². The van der Waals surface area contributed by atoms with Gasteiger partial charge in [0.15, 0.2) is 10.8 Å². The molecule has 2 aromatic carbocycles. The van der Waals surface area contributed by atoms with E-state index in [9.17, 15) is 0 Å². The van der Waals surface area contributed by atoms with Gasteiger partial charge in [-0.25, -0.2) is 0 Å². The van der Waals surface area contributed by atoms with Crippen molar-refractivity contribution >= 4 is 23.0 Å². The van der Waals surface area contributed by atoms with Gasteiger partial charge in [-0.05, 0) is 37.3 Å². The maximum absolute atomic E-state index is 6.33. The molecule has 2 heterocycles. The molecule has 2 bridgehead atoms. The Hall–Kier alpha value is -2.07. The first-order chi connectivity index (χ1) is 10.2. The minimum absolute atomic E-state index is 0.215. The first-order valence-corrected chi connectivity index (χ1v) is 7.52. The average molecular weight is 296 g/mol. The highest BCUT2D eigenvalue weighted by Gasteiger charge is 2.48. The second-order valence-corrected chi connectivity index (χ2v) is 6.08. The zero-order valence-corrected chi connectivity index (χ0v) is 12.6. The zero-order chi connectivity index (χ0) is 14.4. The third-order valence-corrected chi connectivity index (χ3v) is 4.50. The lowest BCUT2D eigenvalue weighted by Crippen LogP contribution is -2.65. The van der Waals surface area contributed by atoms with Crippen LogP contribution in [0.25, 0.3) is 0 Å². The number of benzene rings is 2. The fourth-order valence-corrected chi connectivity index (χ4v) is 3.73. The van der Waals surface area contributed by atoms with E-state index >= 15 is 0 Å². The van der Waals surface area contributed by atoms with Gasteiger partial charge in [0, 0.05) is 17.7 Å². The summed E-state index contributed by atoms with van der Waals surface area (Å²) in [6, 6.07) is 18.6. The lowest BCUT2D eigenvalue weighted by molar-refractivity contribution is 0.0498. The fourth-order valence-electron chi connectivity index (χ4n) is 3.29. The summed E-state index contributed by atoms with van der Waals surface area (Å²) in [6.07, 6.45) is 0.860. The van der Waals surface area contributed by atoms with Crippen molar-refractivity contribution in [3.63, 3.8) is 0 Å². The van der Waals surface area contributed by atoms with Crippen molar-refractivity contribution in [1.82, 2.24) is 5.32 Å². The normalized spacial score (nSPS) is 26.6. The van der Waals surface area contributed by atoms with Crippen LogP contribution in [0.15, 0.2) is 54.6 Å². The van der Waals surface area contributed by atoms with Crippen LogP contribution in [-0.2, 0) is 0 Å². The number of hydrogen-bond acceptors (Lipinski definition) is 2. The second-order valence-electron chi connectivity index (χ2n) is 5.69. The summed E-state index contributed by atoms with van der Waals surface area (Å²) in [5.74, 6) is 0.937. The van der Waals surface area contributed by atoms with E-state index in [4.69, 9.17) is 17.0 Å². The molecular formula is C17H16N2OS. The van der Waals surface area contributed by atoms with E-state index < -0.39 is 5.72 Å². The Balaban J connectivity index is 1.82. The molecule has 21 heavy (non-hydrogen) atoms. The monoisotopic (exact) mass is 296 g/mol. The summed E-state index contributed by atoms with van der Waals surface area (Å²) in [5.41, 5.74) is 1.78. The Morgan fingerprint density at radius 1 is 1.14 bits per heavy atom. The van der Waals surface area contributed by atoms with Crippen molar-refractivity contribution < 1.29 is 4.74 Å². The summed E-state index contributed by atoms with van der Waals surface area (Å²) < 4.78 is 6.33. The third kappa shape index (κ3) is 1.90. The van der Waals surface area contributed by atoms with Crippen molar-refractivity contribution in [2.45, 2.75) is 25.1 Å². The lowest BCUT2D eigenvalue weighted by atomic mass is 9.90. The van der Waals surface area contributed by atoms with Crippen LogP contribution >= 0.6 is 12.2 Å². The molecule has 2 aromatic rings. The van der Waals surface area contributed by atoms with Crippen LogP contribution < -0.4 is 15.0 Å². The van der Waals surface area contributed by atoms with E-state index in [1.165, 1.54) is 5.56 Å². The molecule has 1 saturated heterocycles. The second kappa shape index (κ2) is 4.46. The number of anilines is 1. The van der Waals surface area contributed by atoms with E-state index in [0.717, 1.165) is 23.0 Å². The highest BCUT2D eigenvalue weighted by atomic mass is 32.1. The van der Waals surface area contributed by atoms with Gasteiger partial charge in [-0.3, -0.25) is 4.90 Å². The van der Waals surface area contributed by atoms with Crippen molar-refractivity contribution in [3.05, 3.63) is 60.2 Å². The maximum atomic E-state index is 6.33. The number of ether oxygens (including phenoxy) is 1. The molecule has 0 spiro atoms. The Kier molecular flexibility index (Phi) is 2.69. The molecule has 4 heteroatoms. The van der Waals surface area contributed by atoms with Crippen molar-refractivity contribution in [3.8, 4) is 5.75 Å². The Morgan fingerprint density at radius 2 is 1.86 bits per heavy atom. The van der Waals surface area contributed by atoms with E-state index in [2.05, 4.69) is 35.3 Å². The Morgan fingerprint density at radius 3 is 2.67 bits per heavy atom. The van der Waals surface area contributed by atoms with E-state index in [1.807, 2.05) is 36.4 Å². The number of nitrogens with one attached hydrogen (secondary N) is 1. The predicted octanol–water partition coefficient (Wildman–Crippen LogP) is 3.62. The number of thiocarbonyl (C=S) groups is 1. The largest absolute Gasteiger partial charge is 0.467 e. The Labute approximate surface area is 129 Å². The van der Waals surface area contributed by atoms with Crippen molar-refractivity contribution in [1.29, 1.82) is 0 Å². The van der Waals surface area contributed by atoms with Crippen LogP contribution in [0.4, 0.5) is 5.69 Å². The van der Waals surface area contributed by atoms with Crippen LogP contribution in [-0.4, -0.2) is 10.8 Å². The molecule has 2 aliphatic rings. The number of fused-ring (bicyclic) bond motifs is 4. The lowest BCUT2D eigenvalue weighted by Gasteiger charge is -2.52. The number of para-hydroxylation sites is 2. The predicted molar refractivity (Wildman–Crippen MR) is 87.5 cm³/mol. The molecule has 0 aromatic heterocycles. The van der Waals surface area contributed by atoms with Crippen LogP contribution in [0, 0.1) is 0 Å². The van der Waals surface area contributed by atoms with E-state index in [1.54, 1.807) is 0 Å². The average Bonchev–Trinajstić information content (AvgIpc) is 2.47. The molecule has 1 N–H and O–H groups in total. The molecule has 0 amide bonds. The highest BCUT2D eigenvalue weighted by molar-refractivity contribution is 7.80. The SMILES string of the molecule is C[C@]12C[C@@H](NC(=S)N1c1ccccc1)c1ccccc1O2. The van der Waals surface area contributed by atoms with Gasteiger partial charge in [0.25, 0.3) is 0 Å². The van der Waals surface area contributed by atoms with Crippen LogP contribution in [0.3, 0.4) is 0 Å². The summed E-state index contributed by atoms with van der Waals surface area (Å²) in [6.45, 7) is 2.11. The maximum Gasteiger partial charge on any atom is 0.188 e. The topological polar surface area (TPSA) is 24.5 Å². The van der Waals surface area contributed by atoms with Crippen LogP contribution in [0.2, 0.25) is 0 Å². The van der Waals surface area contributed by atoms with Crippen molar-refractivity contribution in [2.24, 2.45) is 0 Å². The molecule has 4 rings (SSSR count). The minimum atomic E-state index is -0.456. The van der Waals surface area contributed by atoms with Gasteiger partial charge in [-0.15, -0.1) is 0 Å². The van der Waals surface area contributed by atoms with Gasteiger partial charge in [-0.1, -0.05) is 36.4 Å². The van der Waals surface area contributed by atoms with Gasteiger partial charge in [0.2, 0.25) is 0 Å². The molecule has 2 atom stereocenters. The van der Waals surface area contributed by atoms with E-state index in [0.29, 0.717) is 0 Å². The number of nitrogens with zero attached hydrogens (tertiary/aromatic N) is 1. The molecule has 1 fully saturated rings. The van der Waals surface area contributed by atoms with Crippen molar-refractivity contribution in [2.75, 3.05) is 4.90 Å². The standard InChI is InChI=1S/C17H16N2OS/c1-17-11-14(13-9-5-6-10-15(13)20-17)18-16(21)19(17)12-7-3-2-4-8-12/h2-10,14H,11H2,1H3,(H,18,21)/t14-,17+/m1/s1.